The molecule has 0 radical (unpaired) electrons. The second-order valence-corrected chi connectivity index (χ2v) is 5.10. The molecule has 0 heterocycles. The van der Waals surface area contributed by atoms with Gasteiger partial charge in [0.05, 0.1) is 4.90 Å². The summed E-state index contributed by atoms with van der Waals surface area (Å²) in [7, 11) is 0. The molecule has 0 aromatic heterocycles. The van der Waals surface area contributed by atoms with Crippen LogP contribution >= 0.6 is 0 Å². The summed E-state index contributed by atoms with van der Waals surface area (Å²) in [4.78, 5) is 0.437. The molecule has 1 atom stereocenters. The quantitative estimate of drug-likeness (QED) is 0.615. The van der Waals surface area contributed by atoms with E-state index < -0.39 is 11.1 Å². The topological polar surface area (TPSA) is 63.3 Å². The lowest BCUT2D eigenvalue weighted by Gasteiger charge is -2.11. The number of hydrogen-bond donors (Lipinski definition) is 2. The third-order valence-electron chi connectivity index (χ3n) is 2.27. The summed E-state index contributed by atoms with van der Waals surface area (Å²) >= 11 is -1.96. The van der Waals surface area contributed by atoms with E-state index in [0.29, 0.717) is 16.5 Å². The van der Waals surface area contributed by atoms with Crippen molar-refractivity contribution in [1.82, 2.24) is 0 Å². The normalized spacial score (nSPS) is 13.1. The Labute approximate surface area is 93.0 Å². The highest BCUT2D eigenvalue weighted by Crippen LogP contribution is 2.23. The summed E-state index contributed by atoms with van der Waals surface area (Å²) in [6, 6.07) is 3.50. The van der Waals surface area contributed by atoms with Gasteiger partial charge in [0.15, 0.2) is 11.1 Å². The summed E-state index contributed by atoms with van der Waals surface area (Å²) in [5.41, 5.74) is 8.15. The van der Waals surface area contributed by atoms with E-state index in [1.807, 2.05) is 13.0 Å². The van der Waals surface area contributed by atoms with E-state index in [4.69, 9.17) is 10.3 Å². The average molecular weight is 227 g/mol. The van der Waals surface area contributed by atoms with Gasteiger partial charge in [-0.2, -0.15) is 0 Å². The summed E-state index contributed by atoms with van der Waals surface area (Å²) in [6.45, 7) is 6.06. The molecule has 0 amide bonds. The van der Waals surface area contributed by atoms with Crippen molar-refractivity contribution >= 4 is 16.8 Å². The average Bonchev–Trinajstić information content (AvgIpc) is 2.09. The maximum Gasteiger partial charge on any atom is 0.186 e. The Hall–Kier alpha value is -0.870. The van der Waals surface area contributed by atoms with Gasteiger partial charge in [-0.3, -0.25) is 0 Å². The molecular weight excluding hydrogens is 210 g/mol. The van der Waals surface area contributed by atoms with Crippen molar-refractivity contribution < 1.29 is 8.76 Å². The predicted octanol–water partition coefficient (Wildman–Crippen LogP) is 2.36. The monoisotopic (exact) mass is 227 g/mol. The first-order valence-corrected chi connectivity index (χ1v) is 6.02. The van der Waals surface area contributed by atoms with Gasteiger partial charge in [0.25, 0.3) is 0 Å². The van der Waals surface area contributed by atoms with Gasteiger partial charge in [-0.25, -0.2) is 4.21 Å². The molecular formula is C11H17NO2S. The highest BCUT2D eigenvalue weighted by atomic mass is 32.2. The van der Waals surface area contributed by atoms with Crippen LogP contribution in [0, 0.1) is 12.8 Å². The van der Waals surface area contributed by atoms with Crippen molar-refractivity contribution in [3.63, 3.8) is 0 Å². The third kappa shape index (κ3) is 3.04. The van der Waals surface area contributed by atoms with Crippen molar-refractivity contribution in [2.45, 2.75) is 32.1 Å². The van der Waals surface area contributed by atoms with Crippen LogP contribution in [-0.2, 0) is 17.5 Å². The molecule has 0 aliphatic carbocycles. The maximum absolute atomic E-state index is 11.1. The summed E-state index contributed by atoms with van der Waals surface area (Å²) < 4.78 is 20.3. The number of aryl methyl sites for hydroxylation is 1. The van der Waals surface area contributed by atoms with Gasteiger partial charge in [-0.05, 0) is 36.5 Å². The predicted molar refractivity (Wildman–Crippen MR) is 63.2 cm³/mol. The SMILES string of the molecule is Cc1cc(CC(C)C)c(S(=O)O)cc1N. The Morgan fingerprint density at radius 2 is 2.07 bits per heavy atom. The smallest absolute Gasteiger partial charge is 0.186 e. The van der Waals surface area contributed by atoms with Crippen molar-refractivity contribution in [3.05, 3.63) is 23.3 Å². The fourth-order valence-electron chi connectivity index (χ4n) is 1.53. The third-order valence-corrected chi connectivity index (χ3v) is 3.02. The minimum Gasteiger partial charge on any atom is -0.398 e. The molecule has 0 aliphatic rings. The van der Waals surface area contributed by atoms with E-state index in [-0.39, 0.29) is 0 Å². The molecule has 84 valence electrons. The van der Waals surface area contributed by atoms with E-state index in [1.54, 1.807) is 6.07 Å². The zero-order chi connectivity index (χ0) is 11.6. The van der Waals surface area contributed by atoms with E-state index in [0.717, 1.165) is 17.5 Å². The molecule has 0 aliphatic heterocycles. The maximum atomic E-state index is 11.1. The number of rotatable bonds is 3. The number of hydrogen-bond acceptors (Lipinski definition) is 2. The molecule has 3 nitrogen and oxygen atoms in total. The largest absolute Gasteiger partial charge is 0.398 e. The Kier molecular flexibility index (Phi) is 3.88. The minimum absolute atomic E-state index is 0.437. The van der Waals surface area contributed by atoms with Crippen molar-refractivity contribution in [2.75, 3.05) is 5.73 Å². The van der Waals surface area contributed by atoms with Crippen LogP contribution in [0.5, 0.6) is 0 Å². The lowest BCUT2D eigenvalue weighted by atomic mass is 10.0. The summed E-state index contributed by atoms with van der Waals surface area (Å²) in [5, 5.41) is 0. The molecule has 15 heavy (non-hydrogen) atoms. The lowest BCUT2D eigenvalue weighted by molar-refractivity contribution is 0.560. The Balaban J connectivity index is 3.22. The zero-order valence-corrected chi connectivity index (χ0v) is 10.1. The second-order valence-electron chi connectivity index (χ2n) is 4.16. The van der Waals surface area contributed by atoms with Crippen LogP contribution in [0.1, 0.15) is 25.0 Å². The fourth-order valence-corrected chi connectivity index (χ4v) is 2.12. The molecule has 1 aromatic carbocycles. The summed E-state index contributed by atoms with van der Waals surface area (Å²) in [6.07, 6.45) is 0.794. The van der Waals surface area contributed by atoms with Crippen molar-refractivity contribution in [1.29, 1.82) is 0 Å². The van der Waals surface area contributed by atoms with Crippen LogP contribution in [0.3, 0.4) is 0 Å². The van der Waals surface area contributed by atoms with Crippen molar-refractivity contribution in [2.24, 2.45) is 5.92 Å². The first-order valence-electron chi connectivity index (χ1n) is 4.91. The van der Waals surface area contributed by atoms with Gasteiger partial charge in [0.1, 0.15) is 0 Å². The molecule has 0 fully saturated rings. The van der Waals surface area contributed by atoms with Crippen molar-refractivity contribution in [3.8, 4) is 0 Å². The standard InChI is InChI=1S/C11H17NO2S/c1-7(2)4-9-5-8(3)10(12)6-11(9)15(13)14/h5-7H,4,12H2,1-3H3,(H,13,14). The number of nitrogens with two attached hydrogens (primary N) is 1. The van der Waals surface area contributed by atoms with Crippen LogP contribution in [0.2, 0.25) is 0 Å². The number of nitrogen functional groups attached to an aromatic ring is 1. The van der Waals surface area contributed by atoms with Crippen LogP contribution in [0.4, 0.5) is 5.69 Å². The Morgan fingerprint density at radius 3 is 2.53 bits per heavy atom. The zero-order valence-electron chi connectivity index (χ0n) is 9.28. The van der Waals surface area contributed by atoms with Crippen LogP contribution in [-0.4, -0.2) is 8.76 Å². The number of anilines is 1. The van der Waals surface area contributed by atoms with E-state index in [1.165, 1.54) is 0 Å². The van der Waals surface area contributed by atoms with E-state index >= 15 is 0 Å². The first-order chi connectivity index (χ1) is 6.91. The van der Waals surface area contributed by atoms with Crippen LogP contribution in [0.15, 0.2) is 17.0 Å². The van der Waals surface area contributed by atoms with Gasteiger partial charge >= 0.3 is 0 Å². The number of benzene rings is 1. The van der Waals surface area contributed by atoms with Gasteiger partial charge in [-0.1, -0.05) is 19.9 Å². The molecule has 3 N–H and O–H groups in total. The second kappa shape index (κ2) is 4.77. The molecule has 1 aromatic rings. The molecule has 0 spiro atoms. The van der Waals surface area contributed by atoms with Crippen LogP contribution < -0.4 is 5.73 Å². The molecule has 1 rings (SSSR count). The molecule has 4 heteroatoms. The Bertz CT molecular complexity index is 388. The van der Waals surface area contributed by atoms with E-state index in [2.05, 4.69) is 13.8 Å². The molecule has 0 saturated heterocycles. The lowest BCUT2D eigenvalue weighted by Crippen LogP contribution is -2.04. The first kappa shape index (κ1) is 12.2. The molecule has 0 bridgehead atoms. The Morgan fingerprint density at radius 1 is 1.47 bits per heavy atom. The van der Waals surface area contributed by atoms with Gasteiger partial charge < -0.3 is 10.3 Å². The van der Waals surface area contributed by atoms with Gasteiger partial charge in [0.2, 0.25) is 0 Å². The highest BCUT2D eigenvalue weighted by molar-refractivity contribution is 7.79. The minimum atomic E-state index is -1.96. The van der Waals surface area contributed by atoms with Gasteiger partial charge in [0, 0.05) is 5.69 Å². The summed E-state index contributed by atoms with van der Waals surface area (Å²) in [5.74, 6) is 0.454. The highest BCUT2D eigenvalue weighted by Gasteiger charge is 2.11. The van der Waals surface area contributed by atoms with Gasteiger partial charge in [-0.15, -0.1) is 0 Å². The molecule has 1 unspecified atom stereocenters. The van der Waals surface area contributed by atoms with E-state index in [9.17, 15) is 4.21 Å². The molecule has 0 saturated carbocycles. The fraction of sp³-hybridized carbons (Fsp3) is 0.455. The van der Waals surface area contributed by atoms with Crippen LogP contribution in [0.25, 0.3) is 0 Å².